The number of rotatable bonds is 3. The number of thiophene rings is 1. The molecule has 0 aromatic carbocycles. The number of nitrogens with zero attached hydrogens (tertiary/aromatic N) is 1. The number of halogens is 1. The summed E-state index contributed by atoms with van der Waals surface area (Å²) in [5.74, 6) is -0.764. The third-order valence-corrected chi connectivity index (χ3v) is 4.59. The third kappa shape index (κ3) is 2.35. The van der Waals surface area contributed by atoms with Crippen molar-refractivity contribution in [3.8, 4) is 10.8 Å². The number of aromatic nitrogens is 1. The van der Waals surface area contributed by atoms with Gasteiger partial charge in [-0.15, -0.1) is 11.3 Å². The molecule has 6 heteroatoms. The molecule has 0 aliphatic rings. The van der Waals surface area contributed by atoms with Crippen molar-refractivity contribution in [3.05, 3.63) is 26.9 Å². The van der Waals surface area contributed by atoms with Crippen LogP contribution in [0.5, 0.6) is 0 Å². The van der Waals surface area contributed by atoms with Gasteiger partial charge >= 0.3 is 5.97 Å². The van der Waals surface area contributed by atoms with Crippen molar-refractivity contribution in [1.82, 2.24) is 4.98 Å². The predicted octanol–water partition coefficient (Wildman–Crippen LogP) is 4.30. The second-order valence-electron chi connectivity index (χ2n) is 4.26. The van der Waals surface area contributed by atoms with Gasteiger partial charge in [0.2, 0.25) is 11.7 Å². The molecule has 2 aromatic heterocycles. The molecular formula is C12H12BrNO3S. The summed E-state index contributed by atoms with van der Waals surface area (Å²) < 4.78 is 6.37. The van der Waals surface area contributed by atoms with Crippen LogP contribution in [0.15, 0.2) is 14.3 Å². The Kier molecular flexibility index (Phi) is 3.59. The van der Waals surface area contributed by atoms with Crippen molar-refractivity contribution >= 4 is 33.2 Å². The van der Waals surface area contributed by atoms with E-state index in [9.17, 15) is 4.79 Å². The van der Waals surface area contributed by atoms with Gasteiger partial charge in [-0.3, -0.25) is 0 Å². The summed E-state index contributed by atoms with van der Waals surface area (Å²) in [5.41, 5.74) is 1.57. The molecule has 0 fully saturated rings. The third-order valence-electron chi connectivity index (χ3n) is 2.46. The number of carbonyl (C=O) groups is 1. The standard InChI is InChI=1S/C12H12BrNO3S/c1-5(2)8-9(12(15)16)17-11(14-8)7-4-6(3)10(13)18-7/h4-5H,1-3H3,(H,15,16). The zero-order valence-electron chi connectivity index (χ0n) is 10.2. The van der Waals surface area contributed by atoms with E-state index in [1.807, 2.05) is 26.8 Å². The van der Waals surface area contributed by atoms with Gasteiger partial charge in [0.15, 0.2) is 0 Å². The van der Waals surface area contributed by atoms with E-state index in [0.717, 1.165) is 14.2 Å². The summed E-state index contributed by atoms with van der Waals surface area (Å²) in [6.45, 7) is 5.75. The van der Waals surface area contributed by atoms with Gasteiger partial charge in [0, 0.05) is 0 Å². The number of carboxylic acids is 1. The predicted molar refractivity (Wildman–Crippen MR) is 73.3 cm³/mol. The molecule has 0 amide bonds. The zero-order valence-corrected chi connectivity index (χ0v) is 12.6. The number of hydrogen-bond donors (Lipinski definition) is 1. The van der Waals surface area contributed by atoms with Crippen LogP contribution in [0.4, 0.5) is 0 Å². The second kappa shape index (κ2) is 4.85. The lowest BCUT2D eigenvalue weighted by molar-refractivity contribution is 0.0661. The van der Waals surface area contributed by atoms with Crippen LogP contribution >= 0.6 is 27.3 Å². The first kappa shape index (κ1) is 13.3. The summed E-state index contributed by atoms with van der Waals surface area (Å²) >= 11 is 4.91. The Hall–Kier alpha value is -1.14. The molecular weight excluding hydrogens is 318 g/mol. The molecule has 2 aromatic rings. The van der Waals surface area contributed by atoms with Crippen LogP contribution in [-0.2, 0) is 0 Å². The number of oxazole rings is 1. The van der Waals surface area contributed by atoms with E-state index in [1.54, 1.807) is 0 Å². The smallest absolute Gasteiger partial charge is 0.373 e. The molecule has 1 N–H and O–H groups in total. The molecule has 4 nitrogen and oxygen atoms in total. The van der Waals surface area contributed by atoms with Crippen molar-refractivity contribution < 1.29 is 14.3 Å². The van der Waals surface area contributed by atoms with Crippen LogP contribution in [0, 0.1) is 6.92 Å². The van der Waals surface area contributed by atoms with E-state index in [2.05, 4.69) is 20.9 Å². The summed E-state index contributed by atoms with van der Waals surface area (Å²) in [6, 6.07) is 1.93. The summed E-state index contributed by atoms with van der Waals surface area (Å²) in [6.07, 6.45) is 0. The molecule has 2 rings (SSSR count). The van der Waals surface area contributed by atoms with E-state index in [0.29, 0.717) is 11.6 Å². The lowest BCUT2D eigenvalue weighted by atomic mass is 10.1. The van der Waals surface area contributed by atoms with Crippen molar-refractivity contribution in [3.63, 3.8) is 0 Å². The van der Waals surface area contributed by atoms with Gasteiger partial charge in [0.25, 0.3) is 0 Å². The van der Waals surface area contributed by atoms with E-state index >= 15 is 0 Å². The summed E-state index contributed by atoms with van der Waals surface area (Å²) in [5, 5.41) is 9.09. The molecule has 0 radical (unpaired) electrons. The average Bonchev–Trinajstić information content (AvgIpc) is 2.83. The van der Waals surface area contributed by atoms with E-state index < -0.39 is 5.97 Å². The normalized spacial score (nSPS) is 11.2. The molecule has 96 valence electrons. The zero-order chi connectivity index (χ0) is 13.4. The Morgan fingerprint density at radius 2 is 2.22 bits per heavy atom. The Labute approximate surface area is 117 Å². The Morgan fingerprint density at radius 1 is 1.56 bits per heavy atom. The SMILES string of the molecule is Cc1cc(-c2nc(C(C)C)c(C(=O)O)o2)sc1Br. The van der Waals surface area contributed by atoms with Gasteiger partial charge in [-0.1, -0.05) is 13.8 Å². The van der Waals surface area contributed by atoms with Crippen molar-refractivity contribution in [2.24, 2.45) is 0 Å². The van der Waals surface area contributed by atoms with Crippen LogP contribution in [0.1, 0.15) is 41.6 Å². The van der Waals surface area contributed by atoms with Gasteiger partial charge in [-0.05, 0) is 40.4 Å². The highest BCUT2D eigenvalue weighted by Crippen LogP contribution is 2.36. The second-order valence-corrected chi connectivity index (χ2v) is 6.63. The number of hydrogen-bond acceptors (Lipinski definition) is 4. The van der Waals surface area contributed by atoms with Gasteiger partial charge < -0.3 is 9.52 Å². The fourth-order valence-corrected chi connectivity index (χ4v) is 3.01. The fraction of sp³-hybridized carbons (Fsp3) is 0.333. The topological polar surface area (TPSA) is 63.3 Å². The van der Waals surface area contributed by atoms with Gasteiger partial charge in [0.1, 0.15) is 0 Å². The Morgan fingerprint density at radius 3 is 2.61 bits per heavy atom. The first-order valence-electron chi connectivity index (χ1n) is 5.40. The molecule has 0 aliphatic carbocycles. The molecule has 0 unspecified atom stereocenters. The Balaban J connectivity index is 2.53. The first-order valence-corrected chi connectivity index (χ1v) is 7.01. The quantitative estimate of drug-likeness (QED) is 0.911. The van der Waals surface area contributed by atoms with Gasteiger partial charge in [-0.2, -0.15) is 0 Å². The lowest BCUT2D eigenvalue weighted by Crippen LogP contribution is -2.01. The van der Waals surface area contributed by atoms with Crippen LogP contribution in [-0.4, -0.2) is 16.1 Å². The van der Waals surface area contributed by atoms with Crippen LogP contribution < -0.4 is 0 Å². The van der Waals surface area contributed by atoms with Crippen molar-refractivity contribution in [1.29, 1.82) is 0 Å². The highest BCUT2D eigenvalue weighted by molar-refractivity contribution is 9.11. The van der Waals surface area contributed by atoms with Crippen LogP contribution in [0.3, 0.4) is 0 Å². The van der Waals surface area contributed by atoms with Gasteiger partial charge in [0.05, 0.1) is 14.4 Å². The average molecular weight is 330 g/mol. The minimum absolute atomic E-state index is 0.0121. The number of aryl methyl sites for hydroxylation is 1. The van der Waals surface area contributed by atoms with E-state index in [-0.39, 0.29) is 11.7 Å². The molecule has 0 spiro atoms. The minimum atomic E-state index is -1.08. The van der Waals surface area contributed by atoms with Gasteiger partial charge in [-0.25, -0.2) is 9.78 Å². The number of aromatic carboxylic acids is 1. The molecule has 0 bridgehead atoms. The molecule has 0 atom stereocenters. The lowest BCUT2D eigenvalue weighted by Gasteiger charge is -1.98. The minimum Gasteiger partial charge on any atom is -0.475 e. The largest absolute Gasteiger partial charge is 0.475 e. The van der Waals surface area contributed by atoms with Crippen molar-refractivity contribution in [2.45, 2.75) is 26.7 Å². The summed E-state index contributed by atoms with van der Waals surface area (Å²) in [7, 11) is 0. The van der Waals surface area contributed by atoms with Crippen LogP contribution in [0.25, 0.3) is 10.8 Å². The summed E-state index contributed by atoms with van der Waals surface area (Å²) in [4.78, 5) is 16.2. The van der Waals surface area contributed by atoms with E-state index in [1.165, 1.54) is 11.3 Å². The highest BCUT2D eigenvalue weighted by atomic mass is 79.9. The molecule has 0 saturated carbocycles. The Bertz CT molecular complexity index is 581. The number of carboxylic acid groups (broad SMARTS) is 1. The maximum atomic E-state index is 11.1. The highest BCUT2D eigenvalue weighted by Gasteiger charge is 2.23. The first-order chi connectivity index (χ1) is 8.40. The maximum Gasteiger partial charge on any atom is 0.373 e. The molecule has 2 heterocycles. The molecule has 18 heavy (non-hydrogen) atoms. The van der Waals surface area contributed by atoms with E-state index in [4.69, 9.17) is 9.52 Å². The maximum absolute atomic E-state index is 11.1. The monoisotopic (exact) mass is 329 g/mol. The molecule has 0 aliphatic heterocycles. The van der Waals surface area contributed by atoms with Crippen molar-refractivity contribution in [2.75, 3.05) is 0 Å². The molecule has 0 saturated heterocycles. The fourth-order valence-electron chi connectivity index (χ4n) is 1.55. The van der Waals surface area contributed by atoms with Crippen LogP contribution in [0.2, 0.25) is 0 Å².